The first-order chi connectivity index (χ1) is 8.07. The maximum absolute atomic E-state index is 11.1. The van der Waals surface area contributed by atoms with Crippen LogP contribution < -0.4 is 5.73 Å². The summed E-state index contributed by atoms with van der Waals surface area (Å²) in [6, 6.07) is 7.70. The number of halogens is 1. The number of hydrogen-bond acceptors (Lipinski definition) is 2. The van der Waals surface area contributed by atoms with Gasteiger partial charge in [0.25, 0.3) is 0 Å². The molecule has 2 aromatic rings. The zero-order chi connectivity index (χ0) is 12.5. The van der Waals surface area contributed by atoms with Gasteiger partial charge in [-0.25, -0.2) is 4.79 Å². The summed E-state index contributed by atoms with van der Waals surface area (Å²) < 4.78 is 0. The highest BCUT2D eigenvalue weighted by Gasteiger charge is 2.31. The largest absolute Gasteiger partial charge is 0.480 e. The van der Waals surface area contributed by atoms with Crippen LogP contribution in [-0.2, 0) is 11.2 Å². The minimum Gasteiger partial charge on any atom is -0.480 e. The van der Waals surface area contributed by atoms with Crippen molar-refractivity contribution in [3.05, 3.63) is 48.7 Å². The molecule has 0 aliphatic heterocycles. The fourth-order valence-electron chi connectivity index (χ4n) is 1.83. The molecular weight excluding hydrogens is 252 g/mol. The molecule has 2 rings (SSSR count). The summed E-state index contributed by atoms with van der Waals surface area (Å²) in [5, 5.41) is 10.1. The van der Waals surface area contributed by atoms with Gasteiger partial charge in [0.1, 0.15) is 5.54 Å². The van der Waals surface area contributed by atoms with Crippen LogP contribution in [0.25, 0.3) is 10.9 Å². The van der Waals surface area contributed by atoms with Gasteiger partial charge in [0.05, 0.1) is 0 Å². The van der Waals surface area contributed by atoms with Gasteiger partial charge in [-0.15, -0.1) is 19.0 Å². The molecule has 0 aliphatic rings. The summed E-state index contributed by atoms with van der Waals surface area (Å²) in [7, 11) is 0. The molecule has 4 nitrogen and oxygen atoms in total. The molecule has 96 valence electrons. The number of carboxylic acids is 1. The van der Waals surface area contributed by atoms with Crippen LogP contribution in [0.1, 0.15) is 5.56 Å². The van der Waals surface area contributed by atoms with Crippen molar-refractivity contribution >= 4 is 29.3 Å². The van der Waals surface area contributed by atoms with E-state index in [0.29, 0.717) is 0 Å². The second-order valence-electron chi connectivity index (χ2n) is 4.09. The molecule has 0 bridgehead atoms. The minimum absolute atomic E-state index is 0. The summed E-state index contributed by atoms with van der Waals surface area (Å²) in [5.74, 6) is -1.07. The number of H-pyrrole nitrogens is 1. The lowest BCUT2D eigenvalue weighted by atomic mass is 9.92. The first-order valence-electron chi connectivity index (χ1n) is 5.28. The summed E-state index contributed by atoms with van der Waals surface area (Å²) in [5.41, 5.74) is 6.22. The molecule has 0 saturated carbocycles. The average Bonchev–Trinajstić information content (AvgIpc) is 2.72. The zero-order valence-corrected chi connectivity index (χ0v) is 10.5. The molecule has 0 fully saturated rings. The number of para-hydroxylation sites is 1. The van der Waals surface area contributed by atoms with Crippen molar-refractivity contribution in [1.82, 2.24) is 4.98 Å². The SMILES string of the molecule is C=C[C@](N)(Cc1c[nH]c2ccccc12)C(=O)O.Cl. The summed E-state index contributed by atoms with van der Waals surface area (Å²) in [6.45, 7) is 3.50. The van der Waals surface area contributed by atoms with Gasteiger partial charge in [-0.05, 0) is 11.6 Å². The normalized spacial score (nSPS) is 13.6. The van der Waals surface area contributed by atoms with E-state index in [1.165, 1.54) is 6.08 Å². The number of aliphatic carboxylic acids is 1. The topological polar surface area (TPSA) is 79.1 Å². The van der Waals surface area contributed by atoms with Crippen molar-refractivity contribution in [2.75, 3.05) is 0 Å². The van der Waals surface area contributed by atoms with E-state index in [9.17, 15) is 4.79 Å². The van der Waals surface area contributed by atoms with E-state index in [-0.39, 0.29) is 18.8 Å². The van der Waals surface area contributed by atoms with Gasteiger partial charge in [0.2, 0.25) is 0 Å². The molecule has 0 spiro atoms. The van der Waals surface area contributed by atoms with Crippen LogP contribution in [0.4, 0.5) is 0 Å². The van der Waals surface area contributed by atoms with Crippen LogP contribution in [0.2, 0.25) is 0 Å². The van der Waals surface area contributed by atoms with E-state index < -0.39 is 11.5 Å². The number of aromatic amines is 1. The summed E-state index contributed by atoms with van der Waals surface area (Å²) in [4.78, 5) is 14.2. The van der Waals surface area contributed by atoms with Crippen molar-refractivity contribution in [1.29, 1.82) is 0 Å². The molecule has 1 aromatic carbocycles. The Kier molecular flexibility index (Phi) is 4.16. The van der Waals surface area contributed by atoms with Crippen molar-refractivity contribution in [3.8, 4) is 0 Å². The van der Waals surface area contributed by atoms with Crippen molar-refractivity contribution in [2.24, 2.45) is 5.73 Å². The molecule has 5 heteroatoms. The van der Waals surface area contributed by atoms with Crippen molar-refractivity contribution in [3.63, 3.8) is 0 Å². The number of carbonyl (C=O) groups is 1. The van der Waals surface area contributed by atoms with E-state index >= 15 is 0 Å². The molecule has 18 heavy (non-hydrogen) atoms. The number of benzene rings is 1. The lowest BCUT2D eigenvalue weighted by molar-refractivity contribution is -0.141. The number of aromatic nitrogens is 1. The van der Waals surface area contributed by atoms with Crippen molar-refractivity contribution in [2.45, 2.75) is 12.0 Å². The Morgan fingerprint density at radius 1 is 1.50 bits per heavy atom. The van der Waals surface area contributed by atoms with Crippen molar-refractivity contribution < 1.29 is 9.90 Å². The second-order valence-corrected chi connectivity index (χ2v) is 4.09. The number of nitrogens with one attached hydrogen (secondary N) is 1. The fourth-order valence-corrected chi connectivity index (χ4v) is 1.83. The molecule has 4 N–H and O–H groups in total. The smallest absolute Gasteiger partial charge is 0.328 e. The third kappa shape index (κ3) is 2.39. The van der Waals surface area contributed by atoms with Crippen LogP contribution in [0.5, 0.6) is 0 Å². The Labute approximate surface area is 111 Å². The van der Waals surface area contributed by atoms with Gasteiger partial charge in [-0.2, -0.15) is 0 Å². The Balaban J connectivity index is 0.00000162. The molecule has 0 saturated heterocycles. The Morgan fingerprint density at radius 3 is 2.78 bits per heavy atom. The minimum atomic E-state index is -1.43. The maximum Gasteiger partial charge on any atom is 0.328 e. The van der Waals surface area contributed by atoms with Gasteiger partial charge in [0.15, 0.2) is 0 Å². The lowest BCUT2D eigenvalue weighted by Gasteiger charge is -2.19. The second kappa shape index (κ2) is 5.25. The highest BCUT2D eigenvalue weighted by molar-refractivity contribution is 5.86. The number of hydrogen-bond donors (Lipinski definition) is 3. The lowest BCUT2D eigenvalue weighted by Crippen LogP contribution is -2.47. The summed E-state index contributed by atoms with van der Waals surface area (Å²) >= 11 is 0. The molecule has 0 amide bonds. The van der Waals surface area contributed by atoms with E-state index in [4.69, 9.17) is 10.8 Å². The number of rotatable bonds is 4. The highest BCUT2D eigenvalue weighted by atomic mass is 35.5. The third-order valence-electron chi connectivity index (χ3n) is 2.92. The number of nitrogens with two attached hydrogens (primary N) is 1. The highest BCUT2D eigenvalue weighted by Crippen LogP contribution is 2.22. The van der Waals surface area contributed by atoms with Gasteiger partial charge in [-0.3, -0.25) is 0 Å². The van der Waals surface area contributed by atoms with E-state index in [1.54, 1.807) is 6.20 Å². The quantitative estimate of drug-likeness (QED) is 0.742. The molecule has 1 heterocycles. The molecule has 1 atom stereocenters. The standard InChI is InChI=1S/C13H14N2O2.ClH/c1-2-13(14,12(16)17)7-9-8-15-11-6-4-3-5-10(9)11;/h2-6,8,15H,1,7,14H2,(H,16,17);1H/t13-;/m0./s1. The van der Waals surface area contributed by atoms with Crippen LogP contribution in [0, 0.1) is 0 Å². The predicted molar refractivity (Wildman–Crippen MR) is 74.0 cm³/mol. The predicted octanol–water partition coefficient (Wildman–Crippen LogP) is 2.10. The van der Waals surface area contributed by atoms with Gasteiger partial charge < -0.3 is 15.8 Å². The van der Waals surface area contributed by atoms with Gasteiger partial charge >= 0.3 is 5.97 Å². The average molecular weight is 267 g/mol. The Morgan fingerprint density at radius 2 is 2.17 bits per heavy atom. The fraction of sp³-hybridized carbons (Fsp3) is 0.154. The number of carboxylic acid groups (broad SMARTS) is 1. The molecule has 1 aromatic heterocycles. The van der Waals surface area contributed by atoms with E-state index in [2.05, 4.69) is 11.6 Å². The molecular formula is C13H15ClN2O2. The monoisotopic (exact) mass is 266 g/mol. The summed E-state index contributed by atoms with van der Waals surface area (Å²) in [6.07, 6.45) is 3.28. The maximum atomic E-state index is 11.1. The van der Waals surface area contributed by atoms with E-state index in [1.807, 2.05) is 24.3 Å². The Bertz CT molecular complexity index is 579. The first kappa shape index (κ1) is 14.3. The number of fused-ring (bicyclic) bond motifs is 1. The van der Waals surface area contributed by atoms with Gasteiger partial charge in [-0.1, -0.05) is 24.3 Å². The van der Waals surface area contributed by atoms with Gasteiger partial charge in [0, 0.05) is 23.5 Å². The molecule has 0 unspecified atom stereocenters. The first-order valence-corrected chi connectivity index (χ1v) is 5.28. The third-order valence-corrected chi connectivity index (χ3v) is 2.92. The molecule has 0 aliphatic carbocycles. The Hall–Kier alpha value is -1.78. The van der Waals surface area contributed by atoms with Crippen LogP contribution in [0.3, 0.4) is 0 Å². The molecule has 0 radical (unpaired) electrons. The van der Waals surface area contributed by atoms with E-state index in [0.717, 1.165) is 16.5 Å². The van der Waals surface area contributed by atoms with Crippen LogP contribution >= 0.6 is 12.4 Å². The van der Waals surface area contributed by atoms with Crippen LogP contribution in [-0.4, -0.2) is 21.6 Å². The van der Waals surface area contributed by atoms with Crippen LogP contribution in [0.15, 0.2) is 43.1 Å². The zero-order valence-electron chi connectivity index (χ0n) is 9.72.